The number of benzene rings is 1. The molecule has 0 saturated heterocycles. The summed E-state index contributed by atoms with van der Waals surface area (Å²) in [6.07, 6.45) is 0. The van der Waals surface area contributed by atoms with E-state index in [4.69, 9.17) is 24.4 Å². The lowest BCUT2D eigenvalue weighted by atomic mass is 9.99. The fraction of sp³-hybridized carbons (Fsp3) is 0.333. The summed E-state index contributed by atoms with van der Waals surface area (Å²) < 4.78 is 1.11. The topological polar surface area (TPSA) is 3.24 Å². The summed E-state index contributed by atoms with van der Waals surface area (Å²) in [7, 11) is 1.94. The molecule has 1 aromatic carbocycles. The first kappa shape index (κ1) is 12.4. The second-order valence-corrected chi connectivity index (χ2v) is 5.68. The summed E-state index contributed by atoms with van der Waals surface area (Å²) in [5.74, 6) is 0.563. The van der Waals surface area contributed by atoms with Gasteiger partial charge in [-0.15, -0.1) is 0 Å². The molecule has 1 aliphatic heterocycles. The van der Waals surface area contributed by atoms with Crippen LogP contribution in [-0.4, -0.2) is 26.4 Å². The summed E-state index contributed by atoms with van der Waals surface area (Å²) in [6.45, 7) is 2.23. The van der Waals surface area contributed by atoms with Gasteiger partial charge in [0.05, 0.1) is 0 Å². The zero-order valence-electron chi connectivity index (χ0n) is 9.16. The van der Waals surface area contributed by atoms with Gasteiger partial charge in [-0.25, -0.2) is 0 Å². The second-order valence-electron chi connectivity index (χ2n) is 4.03. The second kappa shape index (κ2) is 4.66. The van der Waals surface area contributed by atoms with Crippen molar-refractivity contribution in [3.8, 4) is 0 Å². The summed E-state index contributed by atoms with van der Waals surface area (Å²) in [6, 6.07) is 6.46. The Morgan fingerprint density at radius 3 is 2.50 bits per heavy atom. The van der Waals surface area contributed by atoms with Gasteiger partial charge in [0.2, 0.25) is 0 Å². The molecule has 0 N–H and O–H groups in total. The molecule has 0 aliphatic carbocycles. The molecule has 16 heavy (non-hydrogen) atoms. The molecular weight excluding hydrogens is 349 g/mol. The lowest BCUT2D eigenvalue weighted by Gasteiger charge is -2.10. The number of alkyl halides is 1. The zero-order chi connectivity index (χ0) is 11.9. The third-order valence-electron chi connectivity index (χ3n) is 2.91. The number of thiocarbonyl (C=S) groups is 2. The third kappa shape index (κ3) is 1.91. The van der Waals surface area contributed by atoms with Crippen LogP contribution in [0.3, 0.4) is 0 Å². The Balaban J connectivity index is 2.49. The zero-order valence-corrected chi connectivity index (χ0v) is 12.9. The maximum atomic E-state index is 5.39. The molecule has 0 spiro atoms. The fourth-order valence-electron chi connectivity index (χ4n) is 1.77. The summed E-state index contributed by atoms with van der Waals surface area (Å²) >= 11 is 13.1. The number of hydrogen-bond donors (Lipinski definition) is 0. The lowest BCUT2D eigenvalue weighted by Crippen LogP contribution is -2.22. The van der Waals surface area contributed by atoms with Crippen LogP contribution in [0, 0.1) is 0 Å². The fourth-order valence-corrected chi connectivity index (χ4v) is 2.87. The molecule has 1 aromatic rings. The van der Waals surface area contributed by atoms with E-state index in [1.165, 1.54) is 5.56 Å². The molecule has 1 nitrogen and oxygen atoms in total. The maximum Gasteiger partial charge on any atom is 0.114 e. The van der Waals surface area contributed by atoms with Gasteiger partial charge >= 0.3 is 0 Å². The van der Waals surface area contributed by atoms with E-state index in [9.17, 15) is 0 Å². The van der Waals surface area contributed by atoms with Crippen LogP contribution in [0.15, 0.2) is 18.2 Å². The first-order valence-electron chi connectivity index (χ1n) is 5.08. The van der Waals surface area contributed by atoms with Crippen LogP contribution < -0.4 is 0 Å². The average Bonchev–Trinajstić information content (AvgIpc) is 2.53. The van der Waals surface area contributed by atoms with E-state index >= 15 is 0 Å². The van der Waals surface area contributed by atoms with E-state index < -0.39 is 0 Å². The lowest BCUT2D eigenvalue weighted by molar-refractivity contribution is 0.803. The normalized spacial score (nSPS) is 16.6. The Morgan fingerprint density at radius 1 is 1.25 bits per heavy atom. The Morgan fingerprint density at radius 2 is 1.88 bits per heavy atom. The number of hydrogen-bond acceptors (Lipinski definition) is 2. The van der Waals surface area contributed by atoms with Gasteiger partial charge in [-0.05, 0) is 17.5 Å². The number of nitrogens with zero attached hydrogens (tertiary/aromatic N) is 1. The van der Waals surface area contributed by atoms with Crippen molar-refractivity contribution in [1.29, 1.82) is 0 Å². The first-order valence-corrected chi connectivity index (χ1v) is 7.42. The highest BCUT2D eigenvalue weighted by atomic mass is 127. The molecule has 4 heteroatoms. The van der Waals surface area contributed by atoms with Gasteiger partial charge in [0.15, 0.2) is 0 Å². The quantitative estimate of drug-likeness (QED) is 0.451. The van der Waals surface area contributed by atoms with Crippen molar-refractivity contribution >= 4 is 57.0 Å². The highest BCUT2D eigenvalue weighted by Crippen LogP contribution is 2.27. The minimum atomic E-state index is 0.563. The molecule has 0 fully saturated rings. The van der Waals surface area contributed by atoms with Gasteiger partial charge in [-0.3, -0.25) is 0 Å². The van der Waals surface area contributed by atoms with Gasteiger partial charge in [-0.1, -0.05) is 66.1 Å². The van der Waals surface area contributed by atoms with Crippen LogP contribution in [0.25, 0.3) is 0 Å². The highest BCUT2D eigenvalue weighted by Gasteiger charge is 2.26. The Hall–Kier alpha value is -0.0700. The van der Waals surface area contributed by atoms with E-state index in [1.807, 2.05) is 11.9 Å². The Labute approximate surface area is 120 Å². The molecule has 2 rings (SSSR count). The van der Waals surface area contributed by atoms with E-state index in [0.717, 1.165) is 25.5 Å². The summed E-state index contributed by atoms with van der Waals surface area (Å²) in [5, 5.41) is 0. The van der Waals surface area contributed by atoms with Gasteiger partial charge in [0.1, 0.15) is 9.98 Å². The van der Waals surface area contributed by atoms with Crippen LogP contribution >= 0.6 is 47.0 Å². The van der Waals surface area contributed by atoms with Crippen LogP contribution in [0.4, 0.5) is 0 Å². The highest BCUT2D eigenvalue weighted by molar-refractivity contribution is 14.1. The van der Waals surface area contributed by atoms with Crippen LogP contribution in [0.2, 0.25) is 0 Å². The minimum Gasteiger partial charge on any atom is -0.326 e. The van der Waals surface area contributed by atoms with Crippen molar-refractivity contribution in [2.24, 2.45) is 0 Å². The maximum absolute atomic E-state index is 5.39. The molecule has 0 radical (unpaired) electrons. The summed E-state index contributed by atoms with van der Waals surface area (Å²) in [5.41, 5.74) is 3.57. The predicted molar refractivity (Wildman–Crippen MR) is 84.9 cm³/mol. The molecule has 0 saturated carbocycles. The SMILES string of the molecule is CC(CI)c1ccc2c(c1)C(=S)N(C)C2=S. The molecule has 84 valence electrons. The van der Waals surface area contributed by atoms with Gasteiger partial charge < -0.3 is 4.90 Å². The smallest absolute Gasteiger partial charge is 0.114 e. The van der Waals surface area contributed by atoms with Crippen molar-refractivity contribution in [3.05, 3.63) is 34.9 Å². The molecule has 0 bridgehead atoms. The van der Waals surface area contributed by atoms with Crippen LogP contribution in [-0.2, 0) is 0 Å². The number of halogens is 1. The first-order chi connectivity index (χ1) is 7.56. The molecule has 0 aromatic heterocycles. The molecule has 1 aliphatic rings. The van der Waals surface area contributed by atoms with Crippen LogP contribution in [0.1, 0.15) is 29.5 Å². The van der Waals surface area contributed by atoms with Gasteiger partial charge in [-0.2, -0.15) is 0 Å². The molecule has 1 heterocycles. The minimum absolute atomic E-state index is 0.563. The molecule has 1 unspecified atom stereocenters. The van der Waals surface area contributed by atoms with Crippen molar-refractivity contribution < 1.29 is 0 Å². The van der Waals surface area contributed by atoms with Crippen molar-refractivity contribution in [2.45, 2.75) is 12.8 Å². The Bertz CT molecular complexity index is 470. The van der Waals surface area contributed by atoms with E-state index in [-0.39, 0.29) is 0 Å². The van der Waals surface area contributed by atoms with Crippen molar-refractivity contribution in [2.75, 3.05) is 11.5 Å². The average molecular weight is 361 g/mol. The monoisotopic (exact) mass is 361 g/mol. The molecule has 0 amide bonds. The van der Waals surface area contributed by atoms with Crippen LogP contribution in [0.5, 0.6) is 0 Å². The van der Waals surface area contributed by atoms with Gasteiger partial charge in [0.25, 0.3) is 0 Å². The van der Waals surface area contributed by atoms with Crippen molar-refractivity contribution in [3.63, 3.8) is 0 Å². The van der Waals surface area contributed by atoms with E-state index in [1.54, 1.807) is 0 Å². The Kier molecular flexibility index (Phi) is 3.61. The van der Waals surface area contributed by atoms with E-state index in [2.05, 4.69) is 47.7 Å². The molecule has 1 atom stereocenters. The van der Waals surface area contributed by atoms with Crippen molar-refractivity contribution in [1.82, 2.24) is 4.90 Å². The standard InChI is InChI=1S/C12H12INS2/c1-7(6-13)8-3-4-9-10(5-8)12(16)14(2)11(9)15/h3-5,7H,6H2,1-2H3. The number of fused-ring (bicyclic) bond motifs is 1. The third-order valence-corrected chi connectivity index (χ3v) is 5.22. The number of rotatable bonds is 2. The largest absolute Gasteiger partial charge is 0.326 e. The predicted octanol–water partition coefficient (Wildman–Crippen LogP) is 3.52. The summed E-state index contributed by atoms with van der Waals surface area (Å²) in [4.78, 5) is 3.60. The van der Waals surface area contributed by atoms with E-state index in [0.29, 0.717) is 5.92 Å². The molecular formula is C12H12INS2. The van der Waals surface area contributed by atoms with Gasteiger partial charge in [0, 0.05) is 22.6 Å².